The Bertz CT molecular complexity index is 593. The lowest BCUT2D eigenvalue weighted by molar-refractivity contribution is -0.143. The Balaban J connectivity index is 1.67. The van der Waals surface area contributed by atoms with Crippen molar-refractivity contribution in [2.45, 2.75) is 44.6 Å². The van der Waals surface area contributed by atoms with Gasteiger partial charge in [-0.3, -0.25) is 4.79 Å². The molecular weight excluding hydrogens is 274 g/mol. The zero-order valence-corrected chi connectivity index (χ0v) is 13.5. The summed E-state index contributed by atoms with van der Waals surface area (Å²) in [5.41, 5.74) is 3.16. The van der Waals surface area contributed by atoms with Crippen LogP contribution in [-0.4, -0.2) is 36.6 Å². The van der Waals surface area contributed by atoms with Gasteiger partial charge in [0.25, 0.3) is 0 Å². The molecule has 3 aliphatic rings. The molecule has 0 N–H and O–H groups in total. The Kier molecular flexibility index (Phi) is 3.30. The highest BCUT2D eigenvalue weighted by Crippen LogP contribution is 2.48. The molecule has 4 rings (SSSR count). The van der Waals surface area contributed by atoms with Crippen molar-refractivity contribution in [3.8, 4) is 0 Å². The summed E-state index contributed by atoms with van der Waals surface area (Å²) in [6.07, 6.45) is 2.97. The second-order valence-electron chi connectivity index (χ2n) is 7.48. The topological polar surface area (TPSA) is 29.5 Å². The molecule has 2 heterocycles. The molecule has 0 saturated carbocycles. The number of nitrogens with zero attached hydrogens (tertiary/aromatic N) is 1. The Hall–Kier alpha value is -1.35. The quantitative estimate of drug-likeness (QED) is 0.798. The van der Waals surface area contributed by atoms with Gasteiger partial charge >= 0.3 is 0 Å². The van der Waals surface area contributed by atoms with Gasteiger partial charge in [-0.15, -0.1) is 0 Å². The van der Waals surface area contributed by atoms with Crippen LogP contribution in [0.1, 0.15) is 37.8 Å². The molecule has 0 radical (unpaired) electrons. The minimum atomic E-state index is 0.0914. The molecule has 1 unspecified atom stereocenters. The molecule has 3 nitrogen and oxygen atoms in total. The van der Waals surface area contributed by atoms with Crippen molar-refractivity contribution in [1.29, 1.82) is 0 Å². The van der Waals surface area contributed by atoms with Crippen molar-refractivity contribution in [2.75, 3.05) is 19.8 Å². The maximum Gasteiger partial charge on any atom is 0.228 e. The molecule has 0 aromatic heterocycles. The van der Waals surface area contributed by atoms with Crippen LogP contribution in [0, 0.1) is 11.8 Å². The van der Waals surface area contributed by atoms with Crippen LogP contribution in [0.3, 0.4) is 0 Å². The molecular formula is C19H25NO2. The molecule has 22 heavy (non-hydrogen) atoms. The molecule has 1 aromatic rings. The van der Waals surface area contributed by atoms with Crippen molar-refractivity contribution in [1.82, 2.24) is 4.90 Å². The minimum Gasteiger partial charge on any atom is -0.381 e. The van der Waals surface area contributed by atoms with Crippen LogP contribution in [0.2, 0.25) is 0 Å². The van der Waals surface area contributed by atoms with Crippen molar-refractivity contribution in [3.05, 3.63) is 35.4 Å². The van der Waals surface area contributed by atoms with E-state index in [0.29, 0.717) is 24.5 Å². The third kappa shape index (κ3) is 1.95. The number of likely N-dealkylation sites (tertiary alicyclic amines) is 1. The van der Waals surface area contributed by atoms with Gasteiger partial charge in [0.05, 0.1) is 12.5 Å². The van der Waals surface area contributed by atoms with Crippen LogP contribution in [0.25, 0.3) is 0 Å². The Morgan fingerprint density at radius 2 is 2.18 bits per heavy atom. The van der Waals surface area contributed by atoms with E-state index in [1.165, 1.54) is 11.1 Å². The molecule has 1 amide bonds. The fourth-order valence-corrected chi connectivity index (χ4v) is 4.83. The average Bonchev–Trinajstić information content (AvgIpc) is 3.05. The van der Waals surface area contributed by atoms with Gasteiger partial charge in [-0.05, 0) is 41.7 Å². The predicted octanol–water partition coefficient (Wildman–Crippen LogP) is 2.77. The zero-order chi connectivity index (χ0) is 15.3. The summed E-state index contributed by atoms with van der Waals surface area (Å²) in [6.45, 7) is 6.98. The summed E-state index contributed by atoms with van der Waals surface area (Å²) in [4.78, 5) is 15.1. The summed E-state index contributed by atoms with van der Waals surface area (Å²) >= 11 is 0. The van der Waals surface area contributed by atoms with Gasteiger partial charge in [0.1, 0.15) is 0 Å². The number of amides is 1. The van der Waals surface area contributed by atoms with Gasteiger partial charge in [-0.1, -0.05) is 38.1 Å². The Morgan fingerprint density at radius 1 is 1.36 bits per heavy atom. The first kappa shape index (κ1) is 14.3. The maximum atomic E-state index is 12.9. The van der Waals surface area contributed by atoms with Crippen LogP contribution in [0.15, 0.2) is 24.3 Å². The number of hydrogen-bond acceptors (Lipinski definition) is 2. The number of piperidine rings is 1. The zero-order valence-electron chi connectivity index (χ0n) is 13.5. The van der Waals surface area contributed by atoms with E-state index in [1.54, 1.807) is 0 Å². The first-order valence-corrected chi connectivity index (χ1v) is 8.58. The highest BCUT2D eigenvalue weighted by molar-refractivity contribution is 5.80. The van der Waals surface area contributed by atoms with E-state index in [1.807, 2.05) is 0 Å². The van der Waals surface area contributed by atoms with Crippen LogP contribution in [-0.2, 0) is 21.4 Å². The van der Waals surface area contributed by atoms with E-state index in [4.69, 9.17) is 4.74 Å². The molecule has 1 aliphatic carbocycles. The SMILES string of the molecule is C[C@@H]1[C@@H]2Cc3ccccc3[C@@]1(C)CCN2C(=O)C1CCOC1. The van der Waals surface area contributed by atoms with E-state index in [-0.39, 0.29) is 11.3 Å². The number of rotatable bonds is 1. The average molecular weight is 299 g/mol. The molecule has 0 spiro atoms. The van der Waals surface area contributed by atoms with Gasteiger partial charge in [0, 0.05) is 19.2 Å². The van der Waals surface area contributed by atoms with Crippen LogP contribution < -0.4 is 0 Å². The smallest absolute Gasteiger partial charge is 0.228 e. The summed E-state index contributed by atoms with van der Waals surface area (Å²) in [5.74, 6) is 0.937. The maximum absolute atomic E-state index is 12.9. The molecule has 2 fully saturated rings. The van der Waals surface area contributed by atoms with Crippen LogP contribution in [0.5, 0.6) is 0 Å². The second-order valence-corrected chi connectivity index (χ2v) is 7.48. The van der Waals surface area contributed by atoms with Gasteiger partial charge in [-0.25, -0.2) is 0 Å². The van der Waals surface area contributed by atoms with Gasteiger partial charge in [-0.2, -0.15) is 0 Å². The van der Waals surface area contributed by atoms with E-state index in [9.17, 15) is 4.79 Å². The number of benzene rings is 1. The van der Waals surface area contributed by atoms with E-state index < -0.39 is 0 Å². The summed E-state index contributed by atoms with van der Waals surface area (Å²) < 4.78 is 5.43. The molecule has 1 aromatic carbocycles. The number of carbonyl (C=O) groups is 1. The highest BCUT2D eigenvalue weighted by Gasteiger charge is 2.50. The van der Waals surface area contributed by atoms with Crippen LogP contribution in [0.4, 0.5) is 0 Å². The van der Waals surface area contributed by atoms with Gasteiger partial charge in [0.15, 0.2) is 0 Å². The lowest BCUT2D eigenvalue weighted by atomic mass is 9.59. The molecule has 4 atom stereocenters. The largest absolute Gasteiger partial charge is 0.381 e. The van der Waals surface area contributed by atoms with Crippen molar-refractivity contribution in [2.24, 2.45) is 11.8 Å². The monoisotopic (exact) mass is 299 g/mol. The predicted molar refractivity (Wildman–Crippen MR) is 85.7 cm³/mol. The fourth-order valence-electron chi connectivity index (χ4n) is 4.83. The number of ether oxygens (including phenoxy) is 1. The first-order chi connectivity index (χ1) is 10.6. The third-order valence-corrected chi connectivity index (χ3v) is 6.48. The van der Waals surface area contributed by atoms with E-state index in [2.05, 4.69) is 43.0 Å². The second kappa shape index (κ2) is 5.09. The van der Waals surface area contributed by atoms with E-state index in [0.717, 1.165) is 32.4 Å². The molecule has 2 aliphatic heterocycles. The molecule has 2 bridgehead atoms. The molecule has 2 saturated heterocycles. The number of carbonyl (C=O) groups excluding carboxylic acids is 1. The van der Waals surface area contributed by atoms with Gasteiger partial charge < -0.3 is 9.64 Å². The lowest BCUT2D eigenvalue weighted by Gasteiger charge is -2.55. The normalized spacial score (nSPS) is 37.0. The molecule has 3 heteroatoms. The minimum absolute atomic E-state index is 0.0914. The standard InChI is InChI=1S/C19H25NO2/c1-13-17-11-14-5-3-4-6-16(14)19(13,2)8-9-20(17)18(21)15-7-10-22-12-15/h3-6,13,15,17H,7-12H2,1-2H3/t13-,15?,17+,19+/m1/s1. The Morgan fingerprint density at radius 3 is 2.95 bits per heavy atom. The van der Waals surface area contributed by atoms with E-state index >= 15 is 0 Å². The Labute approximate surface area is 132 Å². The number of hydrogen-bond donors (Lipinski definition) is 0. The third-order valence-electron chi connectivity index (χ3n) is 6.48. The summed E-state index contributed by atoms with van der Waals surface area (Å²) in [7, 11) is 0. The summed E-state index contributed by atoms with van der Waals surface area (Å²) in [5, 5.41) is 0. The fraction of sp³-hybridized carbons (Fsp3) is 0.632. The van der Waals surface area contributed by atoms with Crippen molar-refractivity contribution >= 4 is 5.91 Å². The first-order valence-electron chi connectivity index (χ1n) is 8.58. The molecule has 118 valence electrons. The highest BCUT2D eigenvalue weighted by atomic mass is 16.5. The van der Waals surface area contributed by atoms with Gasteiger partial charge in [0.2, 0.25) is 5.91 Å². The van der Waals surface area contributed by atoms with Crippen molar-refractivity contribution in [3.63, 3.8) is 0 Å². The van der Waals surface area contributed by atoms with Crippen molar-refractivity contribution < 1.29 is 9.53 Å². The van der Waals surface area contributed by atoms with Crippen LogP contribution >= 0.6 is 0 Å². The number of fused-ring (bicyclic) bond motifs is 4. The summed E-state index contributed by atoms with van der Waals surface area (Å²) in [6, 6.07) is 9.18. The lowest BCUT2D eigenvalue weighted by Crippen LogP contribution is -2.60.